The van der Waals surface area contributed by atoms with Crippen LogP contribution < -0.4 is 5.32 Å². The highest BCUT2D eigenvalue weighted by Crippen LogP contribution is 2.39. The van der Waals surface area contributed by atoms with Crippen LogP contribution in [0.2, 0.25) is 5.02 Å². The number of amides is 1. The number of nitrogens with one attached hydrogen (secondary N) is 1. The van der Waals surface area contributed by atoms with E-state index in [4.69, 9.17) is 16.3 Å². The number of nitrogens with zero attached hydrogens (tertiary/aromatic N) is 2. The number of allylic oxidation sites excluding steroid dienone is 2. The normalized spacial score (nSPS) is 21.4. The third-order valence-electron chi connectivity index (χ3n) is 5.75. The monoisotopic (exact) mass is 517 g/mol. The average molecular weight is 518 g/mol. The van der Waals surface area contributed by atoms with Gasteiger partial charge in [0, 0.05) is 5.57 Å². The molecule has 35 heavy (non-hydrogen) atoms. The van der Waals surface area contributed by atoms with E-state index in [0.717, 1.165) is 38.0 Å². The molecule has 188 valence electrons. The van der Waals surface area contributed by atoms with Crippen molar-refractivity contribution in [1.29, 1.82) is 0 Å². The molecule has 2 aliphatic rings. The van der Waals surface area contributed by atoms with Crippen LogP contribution in [0.15, 0.2) is 42.2 Å². The molecule has 4 rings (SSSR count). The molecule has 1 fully saturated rings. The van der Waals surface area contributed by atoms with Crippen LogP contribution in [0.1, 0.15) is 37.2 Å². The largest absolute Gasteiger partial charge is 0.414 e. The van der Waals surface area contributed by atoms with Crippen LogP contribution in [0.25, 0.3) is 5.57 Å². The standard InChI is InChI=1S/C23H21ClF5N3O3/c1-11(23(27,28)29)35-20-9-14(19-7-13(10-33)32(31-19)12-5-6-12)18(26)8-15(20)22(34)30-21-16(24)3-2-4-17(21)25/h2-4,7-9,11-12,15,20,33H,5-6,10H2,1H3,(H,30,34)/t11-,15?,20?/m0/s1. The first-order valence-electron chi connectivity index (χ1n) is 10.8. The number of aliphatic hydroxyl groups excluding tert-OH is 1. The first-order chi connectivity index (χ1) is 16.5. The lowest BCUT2D eigenvalue weighted by Crippen LogP contribution is -2.40. The Balaban J connectivity index is 1.68. The molecule has 0 radical (unpaired) electrons. The number of aliphatic hydroxyl groups is 1. The van der Waals surface area contributed by atoms with Crippen molar-refractivity contribution in [2.45, 2.75) is 50.8 Å². The van der Waals surface area contributed by atoms with E-state index in [-0.39, 0.29) is 34.6 Å². The molecule has 0 bridgehead atoms. The number of carbonyl (C=O) groups excluding carboxylic acids is 1. The Morgan fingerprint density at radius 2 is 2.03 bits per heavy atom. The van der Waals surface area contributed by atoms with Gasteiger partial charge >= 0.3 is 6.18 Å². The molecule has 0 aliphatic heterocycles. The minimum absolute atomic E-state index is 0.0588. The summed E-state index contributed by atoms with van der Waals surface area (Å²) in [5.41, 5.74) is -0.0575. The number of para-hydroxylation sites is 1. The molecular formula is C23H21ClF5N3O3. The summed E-state index contributed by atoms with van der Waals surface area (Å²) in [7, 11) is 0. The van der Waals surface area contributed by atoms with Gasteiger partial charge in [0.05, 0.1) is 46.8 Å². The number of carbonyl (C=O) groups is 1. The third-order valence-corrected chi connectivity index (χ3v) is 6.06. The lowest BCUT2D eigenvalue weighted by molar-refractivity contribution is -0.224. The van der Waals surface area contributed by atoms with E-state index in [1.165, 1.54) is 18.2 Å². The second kappa shape index (κ2) is 9.71. The quantitative estimate of drug-likeness (QED) is 0.486. The van der Waals surface area contributed by atoms with Gasteiger partial charge in [-0.15, -0.1) is 0 Å². The molecule has 2 unspecified atom stereocenters. The molecule has 6 nitrogen and oxygen atoms in total. The molecule has 1 heterocycles. The maximum absolute atomic E-state index is 15.2. The molecule has 1 saturated carbocycles. The van der Waals surface area contributed by atoms with Crippen molar-refractivity contribution in [2.24, 2.45) is 5.92 Å². The summed E-state index contributed by atoms with van der Waals surface area (Å²) >= 11 is 5.92. The average Bonchev–Trinajstić information content (AvgIpc) is 3.55. The number of aromatic nitrogens is 2. The van der Waals surface area contributed by atoms with Crippen molar-refractivity contribution in [3.05, 3.63) is 64.5 Å². The van der Waals surface area contributed by atoms with Crippen LogP contribution in [-0.2, 0) is 16.1 Å². The summed E-state index contributed by atoms with van der Waals surface area (Å²) in [5.74, 6) is -4.37. The molecule has 2 aromatic rings. The highest BCUT2D eigenvalue weighted by atomic mass is 35.5. The van der Waals surface area contributed by atoms with Crippen molar-refractivity contribution in [3.8, 4) is 0 Å². The lowest BCUT2D eigenvalue weighted by atomic mass is 9.90. The van der Waals surface area contributed by atoms with Crippen LogP contribution in [0.3, 0.4) is 0 Å². The van der Waals surface area contributed by atoms with E-state index in [1.807, 2.05) is 0 Å². The number of hydrogen-bond donors (Lipinski definition) is 2. The van der Waals surface area contributed by atoms with E-state index in [1.54, 1.807) is 4.68 Å². The first kappa shape index (κ1) is 25.3. The van der Waals surface area contributed by atoms with Crippen LogP contribution in [-0.4, -0.2) is 39.2 Å². The molecule has 12 heteroatoms. The number of anilines is 1. The lowest BCUT2D eigenvalue weighted by Gasteiger charge is -2.29. The Morgan fingerprint density at radius 1 is 1.31 bits per heavy atom. The van der Waals surface area contributed by atoms with Gasteiger partial charge in [0.1, 0.15) is 11.6 Å². The van der Waals surface area contributed by atoms with Gasteiger partial charge in [-0.2, -0.15) is 18.3 Å². The van der Waals surface area contributed by atoms with E-state index in [9.17, 15) is 27.5 Å². The predicted octanol–water partition coefficient (Wildman–Crippen LogP) is 5.34. The second-order valence-corrected chi connectivity index (χ2v) is 8.75. The Kier molecular flexibility index (Phi) is 7.03. The van der Waals surface area contributed by atoms with Crippen LogP contribution in [0, 0.1) is 11.7 Å². The fourth-order valence-electron chi connectivity index (χ4n) is 3.70. The summed E-state index contributed by atoms with van der Waals surface area (Å²) in [6.07, 6.45) is -5.07. The Bertz CT molecular complexity index is 1170. The third kappa shape index (κ3) is 5.41. The van der Waals surface area contributed by atoms with Gasteiger partial charge in [0.2, 0.25) is 5.91 Å². The molecule has 2 N–H and O–H groups in total. The minimum Gasteiger partial charge on any atom is -0.390 e. The molecule has 3 atom stereocenters. The summed E-state index contributed by atoms with van der Waals surface area (Å²) in [4.78, 5) is 12.9. The van der Waals surface area contributed by atoms with E-state index >= 15 is 4.39 Å². The van der Waals surface area contributed by atoms with E-state index < -0.39 is 41.9 Å². The summed E-state index contributed by atoms with van der Waals surface area (Å²) in [6, 6.07) is 5.14. The molecule has 0 spiro atoms. The van der Waals surface area contributed by atoms with Gasteiger partial charge in [0.15, 0.2) is 6.10 Å². The Labute approximate surface area is 202 Å². The van der Waals surface area contributed by atoms with Gasteiger partial charge in [-0.3, -0.25) is 9.48 Å². The van der Waals surface area contributed by atoms with Crippen molar-refractivity contribution in [2.75, 3.05) is 5.32 Å². The van der Waals surface area contributed by atoms with Gasteiger partial charge in [-0.25, -0.2) is 8.78 Å². The van der Waals surface area contributed by atoms with E-state index in [0.29, 0.717) is 5.69 Å². The number of benzene rings is 1. The zero-order chi connectivity index (χ0) is 25.5. The van der Waals surface area contributed by atoms with Gasteiger partial charge < -0.3 is 15.2 Å². The maximum atomic E-state index is 15.2. The molecular weight excluding hydrogens is 497 g/mol. The van der Waals surface area contributed by atoms with Crippen molar-refractivity contribution >= 4 is 28.8 Å². The predicted molar refractivity (Wildman–Crippen MR) is 118 cm³/mol. The van der Waals surface area contributed by atoms with E-state index in [2.05, 4.69) is 10.4 Å². The summed E-state index contributed by atoms with van der Waals surface area (Å²) < 4.78 is 75.7. The highest BCUT2D eigenvalue weighted by molar-refractivity contribution is 6.33. The molecule has 2 aliphatic carbocycles. The van der Waals surface area contributed by atoms with Crippen LogP contribution in [0.5, 0.6) is 0 Å². The first-order valence-corrected chi connectivity index (χ1v) is 11.1. The topological polar surface area (TPSA) is 76.4 Å². The fourth-order valence-corrected chi connectivity index (χ4v) is 3.91. The van der Waals surface area contributed by atoms with Crippen LogP contribution in [0.4, 0.5) is 27.6 Å². The number of ether oxygens (including phenoxy) is 1. The zero-order valence-corrected chi connectivity index (χ0v) is 19.1. The van der Waals surface area contributed by atoms with Gasteiger partial charge in [0.25, 0.3) is 0 Å². The Hall–Kier alpha value is -2.76. The molecule has 0 saturated heterocycles. The number of hydrogen-bond acceptors (Lipinski definition) is 4. The summed E-state index contributed by atoms with van der Waals surface area (Å²) in [5, 5.41) is 16.0. The molecule has 1 aromatic carbocycles. The van der Waals surface area contributed by atoms with Crippen molar-refractivity contribution in [1.82, 2.24) is 9.78 Å². The minimum atomic E-state index is -4.75. The molecule has 1 amide bonds. The SMILES string of the molecule is C[C@H](OC1C=C(c2cc(CO)n(C3CC3)n2)C(F)=CC1C(=O)Nc1c(F)cccc1Cl)C(F)(F)F. The smallest absolute Gasteiger partial charge is 0.390 e. The zero-order valence-electron chi connectivity index (χ0n) is 18.3. The second-order valence-electron chi connectivity index (χ2n) is 8.35. The van der Waals surface area contributed by atoms with Crippen molar-refractivity contribution in [3.63, 3.8) is 0 Å². The van der Waals surface area contributed by atoms with Gasteiger partial charge in [-0.05, 0) is 50.1 Å². The summed E-state index contributed by atoms with van der Waals surface area (Å²) in [6.45, 7) is 0.401. The van der Waals surface area contributed by atoms with Crippen molar-refractivity contribution < 1.29 is 36.6 Å². The number of rotatable bonds is 7. The highest BCUT2D eigenvalue weighted by Gasteiger charge is 2.42. The maximum Gasteiger partial charge on any atom is 0.414 e. The Morgan fingerprint density at radius 3 is 2.63 bits per heavy atom. The van der Waals surface area contributed by atoms with Gasteiger partial charge in [-0.1, -0.05) is 17.7 Å². The molecule has 1 aromatic heterocycles. The van der Waals surface area contributed by atoms with Crippen LogP contribution >= 0.6 is 11.6 Å². The number of halogens is 6. The number of alkyl halides is 3. The fraction of sp³-hybridized carbons (Fsp3) is 0.391.